The summed E-state index contributed by atoms with van der Waals surface area (Å²) in [7, 11) is -3.50. The van der Waals surface area contributed by atoms with Crippen LogP contribution < -0.4 is 10.1 Å². The molecule has 0 aromatic heterocycles. The van der Waals surface area contributed by atoms with Gasteiger partial charge < -0.3 is 10.1 Å². The van der Waals surface area contributed by atoms with Crippen LogP contribution >= 0.6 is 0 Å². The van der Waals surface area contributed by atoms with E-state index in [1.54, 1.807) is 62.4 Å². The van der Waals surface area contributed by atoms with Crippen LogP contribution in [0.3, 0.4) is 0 Å². The van der Waals surface area contributed by atoms with Crippen molar-refractivity contribution in [1.82, 2.24) is 9.62 Å². The first-order valence-corrected chi connectivity index (χ1v) is 12.4. The molecule has 2 aromatic carbocycles. The molecule has 2 aromatic rings. The molecule has 1 N–H and O–H groups in total. The Bertz CT molecular complexity index is 982. The molecule has 8 heteroatoms. The van der Waals surface area contributed by atoms with E-state index in [2.05, 4.69) is 5.32 Å². The Morgan fingerprint density at radius 3 is 2.09 bits per heavy atom. The number of ether oxygens (including phenoxy) is 1. The fraction of sp³-hybridized carbons (Fsp3) is 0.417. The Hall–Kier alpha value is -2.71. The largest absolute Gasteiger partial charge is 0.494 e. The van der Waals surface area contributed by atoms with E-state index in [-0.39, 0.29) is 36.0 Å². The summed E-state index contributed by atoms with van der Waals surface area (Å²) in [5, 5.41) is 2.77. The average Bonchev–Trinajstić information content (AvgIpc) is 2.81. The first-order chi connectivity index (χ1) is 15.3. The van der Waals surface area contributed by atoms with Gasteiger partial charge in [0.25, 0.3) is 0 Å². The molecule has 0 saturated heterocycles. The van der Waals surface area contributed by atoms with Gasteiger partial charge in [-0.1, -0.05) is 32.9 Å². The maximum Gasteiger partial charge on any atom is 0.243 e. The van der Waals surface area contributed by atoms with Gasteiger partial charge in [0.05, 0.1) is 11.5 Å². The van der Waals surface area contributed by atoms with Gasteiger partial charge in [0.2, 0.25) is 15.9 Å². The number of sulfonamides is 1. The average molecular weight is 461 g/mol. The second-order valence-electron chi connectivity index (χ2n) is 7.31. The number of hydrogen-bond donors (Lipinski definition) is 1. The van der Waals surface area contributed by atoms with E-state index >= 15 is 0 Å². The molecule has 7 nitrogen and oxygen atoms in total. The van der Waals surface area contributed by atoms with Crippen LogP contribution in [-0.4, -0.2) is 44.1 Å². The fourth-order valence-electron chi connectivity index (χ4n) is 3.11. The molecule has 0 spiro atoms. The van der Waals surface area contributed by atoms with Crippen molar-refractivity contribution in [3.8, 4) is 5.75 Å². The first-order valence-electron chi connectivity index (χ1n) is 10.9. The quantitative estimate of drug-likeness (QED) is 0.459. The van der Waals surface area contributed by atoms with Gasteiger partial charge >= 0.3 is 0 Å². The molecule has 0 unspecified atom stereocenters. The number of benzene rings is 2. The third-order valence-electron chi connectivity index (χ3n) is 4.98. The van der Waals surface area contributed by atoms with E-state index in [4.69, 9.17) is 4.74 Å². The van der Waals surface area contributed by atoms with Crippen LogP contribution in [0, 0.1) is 0 Å². The Morgan fingerprint density at radius 1 is 0.906 bits per heavy atom. The lowest BCUT2D eigenvalue weighted by molar-refractivity contribution is -0.121. The van der Waals surface area contributed by atoms with E-state index in [1.165, 1.54) is 4.31 Å². The maximum atomic E-state index is 12.5. The van der Waals surface area contributed by atoms with Crippen LogP contribution in [0.4, 0.5) is 0 Å². The number of amides is 1. The molecule has 0 aliphatic heterocycles. The van der Waals surface area contributed by atoms with Crippen molar-refractivity contribution in [2.45, 2.75) is 51.5 Å². The summed E-state index contributed by atoms with van der Waals surface area (Å²) in [6.45, 7) is 7.33. The lowest BCUT2D eigenvalue weighted by Crippen LogP contribution is -2.30. The number of ketones is 1. The van der Waals surface area contributed by atoms with Crippen LogP contribution in [0.15, 0.2) is 53.4 Å². The molecule has 32 heavy (non-hydrogen) atoms. The minimum Gasteiger partial charge on any atom is -0.494 e. The highest BCUT2D eigenvalue weighted by molar-refractivity contribution is 7.89. The second-order valence-corrected chi connectivity index (χ2v) is 9.24. The summed E-state index contributed by atoms with van der Waals surface area (Å²) < 4.78 is 31.9. The van der Waals surface area contributed by atoms with Gasteiger partial charge in [-0.05, 0) is 48.4 Å². The van der Waals surface area contributed by atoms with E-state index in [0.717, 1.165) is 17.7 Å². The van der Waals surface area contributed by atoms with Crippen LogP contribution in [-0.2, 0) is 21.4 Å². The Labute approximate surface area is 190 Å². The van der Waals surface area contributed by atoms with Gasteiger partial charge in [-0.25, -0.2) is 8.42 Å². The van der Waals surface area contributed by atoms with Crippen molar-refractivity contribution in [2.24, 2.45) is 0 Å². The van der Waals surface area contributed by atoms with E-state index in [1.807, 2.05) is 6.92 Å². The van der Waals surface area contributed by atoms with Crippen molar-refractivity contribution in [3.05, 3.63) is 59.7 Å². The van der Waals surface area contributed by atoms with Gasteiger partial charge in [-0.3, -0.25) is 9.59 Å². The summed E-state index contributed by atoms with van der Waals surface area (Å²) in [6.07, 6.45) is 1.11. The zero-order chi connectivity index (χ0) is 23.6. The third kappa shape index (κ3) is 7.17. The van der Waals surface area contributed by atoms with Gasteiger partial charge in [-0.2, -0.15) is 4.31 Å². The normalized spacial score (nSPS) is 11.4. The van der Waals surface area contributed by atoms with Crippen molar-refractivity contribution in [1.29, 1.82) is 0 Å². The molecule has 1 amide bonds. The number of carbonyl (C=O) groups excluding carboxylic acids is 2. The number of nitrogens with zero attached hydrogens (tertiary/aromatic N) is 1. The first kappa shape index (κ1) is 25.5. The molecular weight excluding hydrogens is 428 g/mol. The summed E-state index contributed by atoms with van der Waals surface area (Å²) >= 11 is 0. The molecule has 0 bridgehead atoms. The molecule has 0 atom stereocenters. The monoisotopic (exact) mass is 460 g/mol. The van der Waals surface area contributed by atoms with Crippen molar-refractivity contribution in [3.63, 3.8) is 0 Å². The lowest BCUT2D eigenvalue weighted by Gasteiger charge is -2.18. The molecule has 0 saturated carbocycles. The molecule has 0 aliphatic rings. The minimum atomic E-state index is -3.50. The molecular formula is C24H32N2O5S. The van der Waals surface area contributed by atoms with E-state index in [0.29, 0.717) is 25.3 Å². The summed E-state index contributed by atoms with van der Waals surface area (Å²) in [6, 6.07) is 13.4. The lowest BCUT2D eigenvalue weighted by atomic mass is 10.1. The smallest absolute Gasteiger partial charge is 0.243 e. The van der Waals surface area contributed by atoms with Gasteiger partial charge in [0.15, 0.2) is 5.78 Å². The minimum absolute atomic E-state index is 0.0847. The number of Topliss-reactive ketones (excluding diaryl/α,β-unsaturated/α-hetero) is 1. The predicted molar refractivity (Wildman–Crippen MR) is 124 cm³/mol. The fourth-order valence-corrected chi connectivity index (χ4v) is 4.57. The SMILES string of the molecule is CCCOc1ccc(C(=O)CCC(=O)NCc2ccc(S(=O)(=O)N(CC)CC)cc2)cc1. The number of rotatable bonds is 13. The highest BCUT2D eigenvalue weighted by Gasteiger charge is 2.21. The highest BCUT2D eigenvalue weighted by Crippen LogP contribution is 2.17. The maximum absolute atomic E-state index is 12.5. The Kier molecular flexibility index (Phi) is 9.87. The summed E-state index contributed by atoms with van der Waals surface area (Å²) in [5.41, 5.74) is 1.33. The van der Waals surface area contributed by atoms with Crippen LogP contribution in [0.5, 0.6) is 5.75 Å². The molecule has 2 rings (SSSR count). The van der Waals surface area contributed by atoms with Crippen molar-refractivity contribution >= 4 is 21.7 Å². The highest BCUT2D eigenvalue weighted by atomic mass is 32.2. The van der Waals surface area contributed by atoms with Crippen LogP contribution in [0.2, 0.25) is 0 Å². The Balaban J connectivity index is 1.82. The summed E-state index contributed by atoms with van der Waals surface area (Å²) in [4.78, 5) is 24.7. The second kappa shape index (κ2) is 12.4. The molecule has 174 valence electrons. The van der Waals surface area contributed by atoms with Gasteiger partial charge in [-0.15, -0.1) is 0 Å². The molecule has 0 radical (unpaired) electrons. The van der Waals surface area contributed by atoms with E-state index in [9.17, 15) is 18.0 Å². The van der Waals surface area contributed by atoms with Crippen LogP contribution in [0.25, 0.3) is 0 Å². The zero-order valence-corrected chi connectivity index (χ0v) is 19.8. The number of nitrogens with one attached hydrogen (secondary N) is 1. The third-order valence-corrected chi connectivity index (χ3v) is 7.05. The number of hydrogen-bond acceptors (Lipinski definition) is 5. The zero-order valence-electron chi connectivity index (χ0n) is 19.0. The number of carbonyl (C=O) groups is 2. The Morgan fingerprint density at radius 2 is 1.53 bits per heavy atom. The topological polar surface area (TPSA) is 92.8 Å². The van der Waals surface area contributed by atoms with Crippen LogP contribution in [0.1, 0.15) is 56.0 Å². The molecule has 0 heterocycles. The van der Waals surface area contributed by atoms with Crippen molar-refractivity contribution < 1.29 is 22.7 Å². The standard InChI is InChI=1S/C24H32N2O5S/c1-4-17-31-21-11-9-20(10-12-21)23(27)15-16-24(28)25-18-19-7-13-22(14-8-19)32(29,30)26(5-2)6-3/h7-14H,4-6,15-18H2,1-3H3,(H,25,28). The molecule has 0 fully saturated rings. The summed E-state index contributed by atoms with van der Waals surface area (Å²) in [5.74, 6) is 0.381. The van der Waals surface area contributed by atoms with E-state index < -0.39 is 10.0 Å². The van der Waals surface area contributed by atoms with Gasteiger partial charge in [0, 0.05) is 38.0 Å². The van der Waals surface area contributed by atoms with Crippen molar-refractivity contribution in [2.75, 3.05) is 19.7 Å². The van der Waals surface area contributed by atoms with Gasteiger partial charge in [0.1, 0.15) is 5.75 Å². The predicted octanol–water partition coefficient (Wildman–Crippen LogP) is 3.79. The molecule has 0 aliphatic carbocycles.